The number of hydrogen-bond donors (Lipinski definition) is 1. The molecule has 1 rings (SSSR count). The van der Waals surface area contributed by atoms with Crippen molar-refractivity contribution < 1.29 is 19.4 Å². The number of carboxylic acids is 1. The zero-order chi connectivity index (χ0) is 12.8. The van der Waals surface area contributed by atoms with Crippen LogP contribution < -0.4 is 4.90 Å². The Balaban J connectivity index is 2.96. The van der Waals surface area contributed by atoms with Crippen molar-refractivity contribution in [2.75, 3.05) is 25.1 Å². The van der Waals surface area contributed by atoms with Gasteiger partial charge in [0, 0.05) is 18.4 Å². The molecule has 6 heteroatoms. The van der Waals surface area contributed by atoms with E-state index in [1.165, 1.54) is 19.4 Å². The molecule has 0 radical (unpaired) electrons. The van der Waals surface area contributed by atoms with E-state index >= 15 is 0 Å². The van der Waals surface area contributed by atoms with Gasteiger partial charge in [0.25, 0.3) is 0 Å². The van der Waals surface area contributed by atoms with Crippen molar-refractivity contribution in [1.82, 2.24) is 4.98 Å². The lowest BCUT2D eigenvalue weighted by Crippen LogP contribution is -2.29. The summed E-state index contributed by atoms with van der Waals surface area (Å²) in [6, 6.07) is 3.16. The SMILES string of the molecule is CCN(CC(=O)O)c1ccnc(C(=O)OC)c1. The highest BCUT2D eigenvalue weighted by atomic mass is 16.5. The Bertz CT molecular complexity index is 420. The molecule has 17 heavy (non-hydrogen) atoms. The summed E-state index contributed by atoms with van der Waals surface area (Å²) >= 11 is 0. The first-order valence-electron chi connectivity index (χ1n) is 5.09. The smallest absolute Gasteiger partial charge is 0.356 e. The summed E-state index contributed by atoms with van der Waals surface area (Å²) in [6.45, 7) is 2.24. The number of carboxylic acid groups (broad SMARTS) is 1. The molecule has 0 spiro atoms. The monoisotopic (exact) mass is 238 g/mol. The van der Waals surface area contributed by atoms with Gasteiger partial charge in [0.05, 0.1) is 7.11 Å². The van der Waals surface area contributed by atoms with Gasteiger partial charge in [-0.05, 0) is 19.1 Å². The number of nitrogens with zero attached hydrogens (tertiary/aromatic N) is 2. The van der Waals surface area contributed by atoms with Crippen LogP contribution in [0.15, 0.2) is 18.3 Å². The van der Waals surface area contributed by atoms with Crippen LogP contribution in [-0.2, 0) is 9.53 Å². The molecule has 0 aliphatic carbocycles. The van der Waals surface area contributed by atoms with Crippen molar-refractivity contribution in [1.29, 1.82) is 0 Å². The van der Waals surface area contributed by atoms with E-state index in [0.717, 1.165) is 0 Å². The Hall–Kier alpha value is -2.11. The molecule has 1 N–H and O–H groups in total. The standard InChI is InChI=1S/C11H14N2O4/c1-3-13(7-10(14)15)8-4-5-12-9(6-8)11(16)17-2/h4-6H,3,7H2,1-2H3,(H,14,15). The quantitative estimate of drug-likeness (QED) is 0.763. The number of hydrogen-bond acceptors (Lipinski definition) is 5. The molecular weight excluding hydrogens is 224 g/mol. The van der Waals surface area contributed by atoms with E-state index in [-0.39, 0.29) is 12.2 Å². The maximum absolute atomic E-state index is 11.3. The van der Waals surface area contributed by atoms with Crippen LogP contribution in [0.3, 0.4) is 0 Å². The highest BCUT2D eigenvalue weighted by Gasteiger charge is 2.12. The van der Waals surface area contributed by atoms with Crippen molar-refractivity contribution in [3.05, 3.63) is 24.0 Å². The number of pyridine rings is 1. The largest absolute Gasteiger partial charge is 0.480 e. The minimum Gasteiger partial charge on any atom is -0.480 e. The van der Waals surface area contributed by atoms with Gasteiger partial charge in [-0.3, -0.25) is 4.79 Å². The van der Waals surface area contributed by atoms with Gasteiger partial charge in [-0.25, -0.2) is 9.78 Å². The fraction of sp³-hybridized carbons (Fsp3) is 0.364. The number of carbonyl (C=O) groups is 2. The van der Waals surface area contributed by atoms with Gasteiger partial charge in [-0.2, -0.15) is 0 Å². The second-order valence-corrected chi connectivity index (χ2v) is 3.30. The van der Waals surface area contributed by atoms with Crippen molar-refractivity contribution in [2.45, 2.75) is 6.92 Å². The van der Waals surface area contributed by atoms with Gasteiger partial charge in [-0.1, -0.05) is 0 Å². The lowest BCUT2D eigenvalue weighted by atomic mass is 10.3. The predicted molar refractivity (Wildman–Crippen MR) is 61.1 cm³/mol. The summed E-state index contributed by atoms with van der Waals surface area (Å²) in [6.07, 6.45) is 1.45. The molecule has 1 aromatic heterocycles. The summed E-state index contributed by atoms with van der Waals surface area (Å²) in [5, 5.41) is 8.75. The summed E-state index contributed by atoms with van der Waals surface area (Å²) < 4.78 is 4.55. The number of likely N-dealkylation sites (N-methyl/N-ethyl adjacent to an activating group) is 1. The van der Waals surface area contributed by atoms with Gasteiger partial charge in [-0.15, -0.1) is 0 Å². The van der Waals surface area contributed by atoms with Crippen LogP contribution in [-0.4, -0.2) is 42.2 Å². The van der Waals surface area contributed by atoms with Gasteiger partial charge in [0.1, 0.15) is 12.2 Å². The molecule has 0 atom stereocenters. The average Bonchev–Trinajstić information content (AvgIpc) is 2.34. The fourth-order valence-electron chi connectivity index (χ4n) is 1.38. The molecule has 0 bridgehead atoms. The van der Waals surface area contributed by atoms with Crippen LogP contribution >= 0.6 is 0 Å². The molecule has 0 saturated heterocycles. The maximum Gasteiger partial charge on any atom is 0.356 e. The number of rotatable bonds is 5. The maximum atomic E-state index is 11.3. The highest BCUT2D eigenvalue weighted by Crippen LogP contribution is 2.14. The predicted octanol–water partition coefficient (Wildman–Crippen LogP) is 0.779. The Labute approximate surface area is 98.8 Å². The third-order valence-corrected chi connectivity index (χ3v) is 2.21. The average molecular weight is 238 g/mol. The molecule has 1 heterocycles. The van der Waals surface area contributed by atoms with Gasteiger partial charge >= 0.3 is 11.9 Å². The Morgan fingerprint density at radius 2 is 2.24 bits per heavy atom. The summed E-state index contributed by atoms with van der Waals surface area (Å²) in [5.41, 5.74) is 0.791. The second kappa shape index (κ2) is 5.83. The van der Waals surface area contributed by atoms with Crippen molar-refractivity contribution in [2.24, 2.45) is 0 Å². The van der Waals surface area contributed by atoms with E-state index in [1.807, 2.05) is 6.92 Å². The van der Waals surface area contributed by atoms with Crippen molar-refractivity contribution >= 4 is 17.6 Å². The lowest BCUT2D eigenvalue weighted by Gasteiger charge is -2.20. The molecule has 0 saturated carbocycles. The van der Waals surface area contributed by atoms with Crippen molar-refractivity contribution in [3.63, 3.8) is 0 Å². The first-order valence-corrected chi connectivity index (χ1v) is 5.09. The number of esters is 1. The Morgan fingerprint density at radius 3 is 2.76 bits per heavy atom. The minimum atomic E-state index is -0.928. The highest BCUT2D eigenvalue weighted by molar-refractivity contribution is 5.88. The van der Waals surface area contributed by atoms with E-state index in [4.69, 9.17) is 5.11 Å². The molecule has 0 aromatic carbocycles. The minimum absolute atomic E-state index is 0.124. The first-order chi connectivity index (χ1) is 8.08. The zero-order valence-corrected chi connectivity index (χ0v) is 9.71. The number of ether oxygens (including phenoxy) is 1. The molecule has 6 nitrogen and oxygen atoms in total. The van der Waals surface area contributed by atoms with Crippen molar-refractivity contribution in [3.8, 4) is 0 Å². The van der Waals surface area contributed by atoms with E-state index in [9.17, 15) is 9.59 Å². The molecule has 0 fully saturated rings. The molecule has 0 aliphatic heterocycles. The Morgan fingerprint density at radius 1 is 1.53 bits per heavy atom. The van der Waals surface area contributed by atoms with Crippen LogP contribution in [0.5, 0.6) is 0 Å². The number of aliphatic carboxylic acids is 1. The van der Waals surface area contributed by atoms with Crippen LogP contribution in [0.4, 0.5) is 5.69 Å². The van der Waals surface area contributed by atoms with Crippen LogP contribution in [0.2, 0.25) is 0 Å². The first kappa shape index (κ1) is 13.0. The number of carbonyl (C=O) groups excluding carboxylic acids is 1. The van der Waals surface area contributed by atoms with E-state index < -0.39 is 11.9 Å². The van der Waals surface area contributed by atoms with Gasteiger partial charge in [0.15, 0.2) is 0 Å². The molecule has 92 valence electrons. The van der Waals surface area contributed by atoms with Crippen LogP contribution in [0, 0.1) is 0 Å². The lowest BCUT2D eigenvalue weighted by molar-refractivity contribution is -0.135. The zero-order valence-electron chi connectivity index (χ0n) is 9.71. The molecule has 0 unspecified atom stereocenters. The van der Waals surface area contributed by atoms with Gasteiger partial charge < -0.3 is 14.7 Å². The van der Waals surface area contributed by atoms with E-state index in [2.05, 4.69) is 9.72 Å². The second-order valence-electron chi connectivity index (χ2n) is 3.30. The number of methoxy groups -OCH3 is 1. The molecule has 0 amide bonds. The Kier molecular flexibility index (Phi) is 4.45. The molecule has 1 aromatic rings. The normalized spacial score (nSPS) is 9.76. The molecule has 0 aliphatic rings. The summed E-state index contributed by atoms with van der Waals surface area (Å²) in [4.78, 5) is 27.4. The fourth-order valence-corrected chi connectivity index (χ4v) is 1.38. The van der Waals surface area contributed by atoms with Crippen LogP contribution in [0.1, 0.15) is 17.4 Å². The number of anilines is 1. The van der Waals surface area contributed by atoms with Gasteiger partial charge in [0.2, 0.25) is 0 Å². The topological polar surface area (TPSA) is 79.7 Å². The van der Waals surface area contributed by atoms with E-state index in [0.29, 0.717) is 12.2 Å². The number of aromatic nitrogens is 1. The molecular formula is C11H14N2O4. The third-order valence-electron chi connectivity index (χ3n) is 2.21. The van der Waals surface area contributed by atoms with E-state index in [1.54, 1.807) is 11.0 Å². The summed E-state index contributed by atoms with van der Waals surface area (Å²) in [5.74, 6) is -1.47. The third kappa shape index (κ3) is 3.44. The van der Waals surface area contributed by atoms with Crippen LogP contribution in [0.25, 0.3) is 0 Å². The summed E-state index contributed by atoms with van der Waals surface area (Å²) in [7, 11) is 1.27.